The summed E-state index contributed by atoms with van der Waals surface area (Å²) < 4.78 is 24.5. The number of hydrogen-bond acceptors (Lipinski definition) is 6. The second kappa shape index (κ2) is 57.4. The van der Waals surface area contributed by atoms with E-state index in [1.165, 1.54) is 44.8 Å². The zero-order valence-electron chi connectivity index (χ0n) is 87.6. The Kier molecular flexibility index (Phi) is 45.2. The van der Waals surface area contributed by atoms with Crippen LogP contribution in [0.2, 0.25) is 10.0 Å². The van der Waals surface area contributed by atoms with Crippen LogP contribution in [0.3, 0.4) is 0 Å². The number of fused-ring (bicyclic) bond motifs is 2. The molecule has 0 saturated heterocycles. The van der Waals surface area contributed by atoms with Gasteiger partial charge in [-0.2, -0.15) is 34.2 Å². The van der Waals surface area contributed by atoms with Crippen molar-refractivity contribution in [3.63, 3.8) is 0 Å². The first-order chi connectivity index (χ1) is 70.9. The summed E-state index contributed by atoms with van der Waals surface area (Å²) in [5.41, 5.74) is 30.3. The largest absolute Gasteiger partial charge is 0.507 e. The van der Waals surface area contributed by atoms with Crippen LogP contribution in [0.15, 0.2) is 418 Å². The van der Waals surface area contributed by atoms with E-state index in [4.69, 9.17) is 30.2 Å². The van der Waals surface area contributed by atoms with E-state index in [2.05, 4.69) is 303 Å². The van der Waals surface area contributed by atoms with Crippen molar-refractivity contribution in [1.82, 2.24) is 15.0 Å². The van der Waals surface area contributed by atoms with Crippen LogP contribution in [-0.4, -0.2) is 28.5 Å². The van der Waals surface area contributed by atoms with Crippen molar-refractivity contribution >= 4 is 123 Å². The van der Waals surface area contributed by atoms with Crippen molar-refractivity contribution in [3.05, 3.63) is 485 Å². The van der Waals surface area contributed by atoms with Crippen molar-refractivity contribution in [2.75, 3.05) is 0 Å². The van der Waals surface area contributed by atoms with Crippen LogP contribution in [0.1, 0.15) is 156 Å². The number of phenols is 3. The average molecular weight is 2610 g/mol. The first-order valence-corrected chi connectivity index (χ1v) is 60.4. The molecule has 0 bridgehead atoms. The first kappa shape index (κ1) is 117. The molecule has 148 heavy (non-hydrogen) atoms. The van der Waals surface area contributed by atoms with E-state index in [-0.39, 0.29) is 22.0 Å². The van der Waals surface area contributed by atoms with E-state index in [1.54, 1.807) is 6.07 Å². The van der Waals surface area contributed by atoms with Crippen LogP contribution < -0.4 is 15.0 Å². The van der Waals surface area contributed by atoms with Crippen LogP contribution in [-0.2, 0) is 64.6 Å². The molecule has 758 valence electrons. The summed E-state index contributed by atoms with van der Waals surface area (Å²) in [6, 6.07) is 132. The second-order valence-corrected chi connectivity index (χ2v) is 47.9. The molecular weight excluding hydrogens is 2480 g/mol. The van der Waals surface area contributed by atoms with Crippen molar-refractivity contribution in [2.45, 2.75) is 154 Å². The third-order valence-corrected chi connectivity index (χ3v) is 36.4. The summed E-state index contributed by atoms with van der Waals surface area (Å²) in [6.45, 7) is 41.0. The minimum atomic E-state index is -0.850. The molecule has 0 aliphatic heterocycles. The first-order valence-electron chi connectivity index (χ1n) is 49.2. The summed E-state index contributed by atoms with van der Waals surface area (Å²) in [5.74, 6) is 1.92. The summed E-state index contributed by atoms with van der Waals surface area (Å²) in [6.07, 6.45) is 0. The maximum Gasteiger partial charge on any atom is 0.138 e. The monoisotopic (exact) mass is 2610 g/mol. The zero-order chi connectivity index (χ0) is 107. The molecule has 0 unspecified atom stereocenters. The van der Waals surface area contributed by atoms with Gasteiger partial charge in [-0.1, -0.05) is 318 Å². The maximum atomic E-state index is 11.9. The second-order valence-electron chi connectivity index (χ2n) is 38.5. The standard InChI is InChI=1S/C30H21BrO.2C16H11BrO.C12H17N.2C10H12.C8H9N.C6H3Cl2N.3C6H8N.C5H10.Mo.2W/c31-29-25(21-13-5-1-6-14-21)27(23-17-9-3-10-18-23)30(32)28(24-19-11-4-12-20-24)26(29)22-15-7-2-8-16-22;17-14-9-2-1-7-12(14)13-8-3-5-11-6-4-10-15(18)16(11)13;17-14-10-9-12-7-4-8-13(15(12)16(14)18)11-5-2-1-3-6-11;1-8(2)10-6-5-7-11(9(3)4)12(10)13;2*1-10(2,3)9-7-5-4-6-8-9;1-6-4-3-5-7(2)8(6)9;7-4-2-1-3-5(8)6(4)9;3*1-5-3-4-6(2)7-5;1-5(2,3)4;;;/h1-20,32H;2*1-10,18H;5-9H,1-4H3;2*1,4-8H,2-3H3;3-5H,1-2H3;1-3H;3*3-4H,1-2H3;1H,2-4H3;;;/q;;;;;;;;3*-1;;;;. The molecule has 0 aliphatic rings. The van der Waals surface area contributed by atoms with Crippen LogP contribution in [0.5, 0.6) is 17.2 Å². The van der Waals surface area contributed by atoms with Gasteiger partial charge in [0.25, 0.3) is 0 Å². The van der Waals surface area contributed by atoms with Crippen LogP contribution in [0.4, 0.5) is 17.1 Å². The van der Waals surface area contributed by atoms with Crippen LogP contribution >= 0.6 is 71.0 Å². The van der Waals surface area contributed by atoms with Crippen molar-refractivity contribution in [3.8, 4) is 84.0 Å². The third kappa shape index (κ3) is 34.2. The molecule has 0 radical (unpaired) electrons. The molecule has 3 aromatic heterocycles. The summed E-state index contributed by atoms with van der Waals surface area (Å²) in [5, 5.41) is 37.4. The Hall–Kier alpha value is -11.6. The number of halogens is 5. The number of hydrogen-bond donors (Lipinski definition) is 3. The fourth-order valence-electron chi connectivity index (χ4n) is 16.1. The molecule has 3 heterocycles. The normalized spacial score (nSPS) is 10.8. The molecule has 0 amide bonds. The molecule has 0 atom stereocenters. The van der Waals surface area contributed by atoms with Gasteiger partial charge in [0.05, 0.1) is 4.47 Å². The Morgan fingerprint density at radius 2 is 0.655 bits per heavy atom. The van der Waals surface area contributed by atoms with E-state index in [0.717, 1.165) is 142 Å². The Morgan fingerprint density at radius 3 is 1.07 bits per heavy atom. The topological polar surface area (TPSA) is 140 Å². The Balaban J connectivity index is 0.000000164. The van der Waals surface area contributed by atoms with Gasteiger partial charge in [-0.15, -0.1) is 0 Å². The van der Waals surface area contributed by atoms with Gasteiger partial charge in [0.15, 0.2) is 0 Å². The summed E-state index contributed by atoms with van der Waals surface area (Å²) >= 11 is 20.7. The molecule has 16 aromatic carbocycles. The number of aryl methyl sites for hydroxylation is 8. The van der Waals surface area contributed by atoms with Crippen molar-refractivity contribution < 1.29 is 69.1 Å². The fraction of sp³-hybridized carbons (Fsp3) is 0.183. The van der Waals surface area contributed by atoms with Gasteiger partial charge in [-0.05, 0) is 105 Å². The molecule has 17 heteroatoms. The van der Waals surface area contributed by atoms with Crippen LogP contribution in [0.25, 0.3) is 88.3 Å². The van der Waals surface area contributed by atoms with E-state index >= 15 is 0 Å². The SMILES string of the molecule is CC(C)(C)[CH]=[W]=[N]c1c(Cl)cccc1Cl.CC(C)c1cccc(C(C)C)c1[N]=[Mo]=[CH]C(C)(C)c1ccccc1.Cc1ccc(C)[n-]1.Cc1ccc(C)[n-]1.Cc1ccc(C)[n-]1.Cc1cccc(C)c1[N]=[W]=[CH]C(C)(C)c1ccccc1.Oc1c(-c2ccccc2)c(-c2ccccc2)c(Br)c(-c2ccccc2)c1-c1ccccc1.Oc1c(Br)ccc2cccc(-c3ccccc3)c12.Oc1cccc2cccc(-c3ccccc3Br)c12. The van der Waals surface area contributed by atoms with Gasteiger partial charge in [0, 0.05) is 42.0 Å². The molecule has 3 N–H and O–H groups in total. The predicted molar refractivity (Wildman–Crippen MR) is 633 cm³/mol. The number of aromatic nitrogens is 3. The number of nitrogens with zero attached hydrogens (tertiary/aromatic N) is 6. The van der Waals surface area contributed by atoms with E-state index in [0.29, 0.717) is 33.4 Å². The third-order valence-electron chi connectivity index (χ3n) is 23.8. The summed E-state index contributed by atoms with van der Waals surface area (Å²) in [7, 11) is 0. The van der Waals surface area contributed by atoms with E-state index < -0.39 is 53.8 Å². The number of aromatic hydroxyl groups is 3. The molecule has 0 aliphatic carbocycles. The van der Waals surface area contributed by atoms with Gasteiger partial charge < -0.3 is 30.3 Å². The number of phenolic OH excluding ortho intramolecular Hbond substituents is 3. The number of rotatable bonds is 15. The minimum Gasteiger partial charge on any atom is -0.507 e. The van der Waals surface area contributed by atoms with Crippen molar-refractivity contribution in [2.24, 2.45) is 15.9 Å². The molecule has 19 rings (SSSR count). The Labute approximate surface area is 936 Å². The van der Waals surface area contributed by atoms with Gasteiger partial charge in [0.1, 0.15) is 17.2 Å². The predicted octanol–water partition coefficient (Wildman–Crippen LogP) is 38.9. The summed E-state index contributed by atoms with van der Waals surface area (Å²) in [4.78, 5) is 12.3. The van der Waals surface area contributed by atoms with Crippen molar-refractivity contribution in [1.29, 1.82) is 0 Å². The van der Waals surface area contributed by atoms with Gasteiger partial charge in [-0.3, -0.25) is 0 Å². The van der Waals surface area contributed by atoms with Gasteiger partial charge >= 0.3 is 394 Å². The molecule has 0 fully saturated rings. The molecule has 0 saturated carbocycles. The maximum absolute atomic E-state index is 11.9. The van der Waals surface area contributed by atoms with Gasteiger partial charge in [-0.25, -0.2) is 0 Å². The fourth-order valence-corrected chi connectivity index (χ4v) is 26.0. The smallest absolute Gasteiger partial charge is 0.138 e. The molecular formula is C131H130Br3Cl2MoN6O3W2-3. The zero-order valence-corrected chi connectivity index (χ0v) is 102. The van der Waals surface area contributed by atoms with E-state index in [1.807, 2.05) is 296 Å². The van der Waals surface area contributed by atoms with Crippen LogP contribution in [0, 0.1) is 60.8 Å². The van der Waals surface area contributed by atoms with E-state index in [9.17, 15) is 15.3 Å². The minimum absolute atomic E-state index is 0.0811. The Morgan fingerprint density at radius 1 is 0.311 bits per heavy atom. The molecule has 19 aromatic rings. The quantitative estimate of drug-likeness (QED) is 0.0874. The average Bonchev–Trinajstić information content (AvgIpc) is 1.46. The Bertz CT molecular complexity index is 7340. The van der Waals surface area contributed by atoms with Gasteiger partial charge in [0.2, 0.25) is 0 Å². The number of benzene rings is 16. The molecule has 9 nitrogen and oxygen atoms in total. The molecule has 0 spiro atoms.